The van der Waals surface area contributed by atoms with Crippen molar-refractivity contribution < 1.29 is 4.39 Å². The Labute approximate surface area is 112 Å². The molecule has 0 saturated heterocycles. The van der Waals surface area contributed by atoms with Crippen LogP contribution in [0.3, 0.4) is 0 Å². The molecule has 0 heterocycles. The number of benzene rings is 1. The molecule has 0 spiro atoms. The van der Waals surface area contributed by atoms with Gasteiger partial charge in [-0.1, -0.05) is 26.0 Å². The maximum atomic E-state index is 13.7. The van der Waals surface area contributed by atoms with E-state index in [1.54, 1.807) is 6.07 Å². The summed E-state index contributed by atoms with van der Waals surface area (Å²) in [5.74, 6) is -0.113. The second kappa shape index (κ2) is 7.83. The van der Waals surface area contributed by atoms with Crippen LogP contribution in [0.4, 0.5) is 4.39 Å². The summed E-state index contributed by atoms with van der Waals surface area (Å²) < 4.78 is 14.3. The SMILES string of the molecule is CCCNC(CC)CCc1cccc(Br)c1F. The molecule has 0 aromatic heterocycles. The minimum atomic E-state index is -0.113. The van der Waals surface area contributed by atoms with Crippen molar-refractivity contribution in [3.8, 4) is 0 Å². The molecule has 0 fully saturated rings. The largest absolute Gasteiger partial charge is 0.314 e. The number of aryl methyl sites for hydroxylation is 1. The first-order valence-electron chi connectivity index (χ1n) is 6.35. The Bertz CT molecular complexity index is 341. The van der Waals surface area contributed by atoms with E-state index in [0.29, 0.717) is 10.5 Å². The molecule has 1 unspecified atom stereocenters. The zero-order chi connectivity index (χ0) is 12.7. The van der Waals surface area contributed by atoms with Crippen LogP contribution in [0.15, 0.2) is 22.7 Å². The van der Waals surface area contributed by atoms with Gasteiger partial charge in [-0.15, -0.1) is 0 Å². The molecule has 17 heavy (non-hydrogen) atoms. The number of rotatable bonds is 7. The lowest BCUT2D eigenvalue weighted by molar-refractivity contribution is 0.463. The second-order valence-corrected chi connectivity index (χ2v) is 5.17. The van der Waals surface area contributed by atoms with Crippen molar-refractivity contribution in [2.45, 2.75) is 45.6 Å². The third-order valence-electron chi connectivity index (χ3n) is 2.97. The normalized spacial score (nSPS) is 12.7. The highest BCUT2D eigenvalue weighted by atomic mass is 79.9. The van der Waals surface area contributed by atoms with E-state index in [9.17, 15) is 4.39 Å². The summed E-state index contributed by atoms with van der Waals surface area (Å²) in [7, 11) is 0. The Morgan fingerprint density at radius 2 is 2.12 bits per heavy atom. The molecule has 0 aliphatic rings. The number of nitrogens with one attached hydrogen (secondary N) is 1. The molecule has 1 nitrogen and oxygen atoms in total. The van der Waals surface area contributed by atoms with Gasteiger partial charge in [-0.05, 0) is 59.8 Å². The van der Waals surface area contributed by atoms with Crippen molar-refractivity contribution in [3.05, 3.63) is 34.1 Å². The maximum Gasteiger partial charge on any atom is 0.140 e. The van der Waals surface area contributed by atoms with Crippen molar-refractivity contribution in [2.75, 3.05) is 6.54 Å². The topological polar surface area (TPSA) is 12.0 Å². The highest BCUT2D eigenvalue weighted by Crippen LogP contribution is 2.20. The Kier molecular flexibility index (Phi) is 6.75. The summed E-state index contributed by atoms with van der Waals surface area (Å²) in [5.41, 5.74) is 0.802. The van der Waals surface area contributed by atoms with Crippen LogP contribution < -0.4 is 5.32 Å². The average molecular weight is 302 g/mol. The fourth-order valence-electron chi connectivity index (χ4n) is 1.87. The predicted octanol–water partition coefficient (Wildman–Crippen LogP) is 4.30. The Morgan fingerprint density at radius 1 is 1.35 bits per heavy atom. The number of halogens is 2. The van der Waals surface area contributed by atoms with E-state index in [4.69, 9.17) is 0 Å². The van der Waals surface area contributed by atoms with E-state index in [1.807, 2.05) is 12.1 Å². The standard InChI is InChI=1S/C14H21BrFN/c1-3-10-17-12(4-2)9-8-11-6-5-7-13(15)14(11)16/h5-7,12,17H,3-4,8-10H2,1-2H3. The van der Waals surface area contributed by atoms with Gasteiger partial charge in [-0.2, -0.15) is 0 Å². The molecule has 0 saturated carbocycles. The van der Waals surface area contributed by atoms with Gasteiger partial charge in [-0.25, -0.2) is 4.39 Å². The van der Waals surface area contributed by atoms with Crippen LogP contribution in [0.1, 0.15) is 38.7 Å². The highest BCUT2D eigenvalue weighted by Gasteiger charge is 2.09. The molecule has 1 rings (SSSR count). The van der Waals surface area contributed by atoms with Crippen LogP contribution in [0.2, 0.25) is 0 Å². The van der Waals surface area contributed by atoms with Crippen molar-refractivity contribution in [1.82, 2.24) is 5.32 Å². The number of hydrogen-bond acceptors (Lipinski definition) is 1. The molecule has 0 amide bonds. The predicted molar refractivity (Wildman–Crippen MR) is 74.8 cm³/mol. The van der Waals surface area contributed by atoms with Gasteiger partial charge < -0.3 is 5.32 Å². The minimum absolute atomic E-state index is 0.113. The lowest BCUT2D eigenvalue weighted by atomic mass is 10.0. The molecule has 0 bridgehead atoms. The molecule has 0 radical (unpaired) electrons. The van der Waals surface area contributed by atoms with Crippen LogP contribution in [0.25, 0.3) is 0 Å². The van der Waals surface area contributed by atoms with Crippen LogP contribution >= 0.6 is 15.9 Å². The molecule has 1 aromatic carbocycles. The van der Waals surface area contributed by atoms with E-state index >= 15 is 0 Å². The van der Waals surface area contributed by atoms with Gasteiger partial charge in [0.05, 0.1) is 4.47 Å². The average Bonchev–Trinajstić information content (AvgIpc) is 2.34. The van der Waals surface area contributed by atoms with E-state index < -0.39 is 0 Å². The summed E-state index contributed by atoms with van der Waals surface area (Å²) in [6.45, 7) is 5.37. The summed E-state index contributed by atoms with van der Waals surface area (Å²) in [6, 6.07) is 5.99. The van der Waals surface area contributed by atoms with Crippen molar-refractivity contribution in [2.24, 2.45) is 0 Å². The fourth-order valence-corrected chi connectivity index (χ4v) is 2.28. The van der Waals surface area contributed by atoms with Gasteiger partial charge in [0.15, 0.2) is 0 Å². The quantitative estimate of drug-likeness (QED) is 0.792. The molecule has 96 valence electrons. The van der Waals surface area contributed by atoms with Crippen molar-refractivity contribution in [3.63, 3.8) is 0 Å². The van der Waals surface area contributed by atoms with Crippen LogP contribution in [-0.4, -0.2) is 12.6 Å². The van der Waals surface area contributed by atoms with Crippen molar-refractivity contribution in [1.29, 1.82) is 0 Å². The summed E-state index contributed by atoms with van der Waals surface area (Å²) in [4.78, 5) is 0. The van der Waals surface area contributed by atoms with Gasteiger partial charge in [0.25, 0.3) is 0 Å². The molecule has 0 aliphatic heterocycles. The van der Waals surface area contributed by atoms with E-state index in [-0.39, 0.29) is 5.82 Å². The molecular weight excluding hydrogens is 281 g/mol. The smallest absolute Gasteiger partial charge is 0.140 e. The van der Waals surface area contributed by atoms with E-state index in [2.05, 4.69) is 35.1 Å². The van der Waals surface area contributed by atoms with Gasteiger partial charge >= 0.3 is 0 Å². The van der Waals surface area contributed by atoms with Crippen LogP contribution in [-0.2, 0) is 6.42 Å². The molecular formula is C14H21BrFN. The molecule has 0 aliphatic carbocycles. The first-order valence-corrected chi connectivity index (χ1v) is 7.14. The maximum absolute atomic E-state index is 13.7. The zero-order valence-electron chi connectivity index (χ0n) is 10.6. The molecule has 3 heteroatoms. The summed E-state index contributed by atoms with van der Waals surface area (Å²) in [5, 5.41) is 3.49. The third-order valence-corrected chi connectivity index (χ3v) is 3.58. The fraction of sp³-hybridized carbons (Fsp3) is 0.571. The highest BCUT2D eigenvalue weighted by molar-refractivity contribution is 9.10. The molecule has 1 N–H and O–H groups in total. The van der Waals surface area contributed by atoms with Crippen LogP contribution in [0, 0.1) is 5.82 Å². The van der Waals surface area contributed by atoms with E-state index in [1.165, 1.54) is 0 Å². The van der Waals surface area contributed by atoms with Gasteiger partial charge in [-0.3, -0.25) is 0 Å². The number of hydrogen-bond donors (Lipinski definition) is 1. The molecule has 1 aromatic rings. The molecule has 1 atom stereocenters. The van der Waals surface area contributed by atoms with Gasteiger partial charge in [0.1, 0.15) is 5.82 Å². The second-order valence-electron chi connectivity index (χ2n) is 4.31. The zero-order valence-corrected chi connectivity index (χ0v) is 12.2. The minimum Gasteiger partial charge on any atom is -0.314 e. The Hall–Kier alpha value is -0.410. The lowest BCUT2D eigenvalue weighted by Gasteiger charge is -2.16. The Morgan fingerprint density at radius 3 is 2.76 bits per heavy atom. The third kappa shape index (κ3) is 4.76. The van der Waals surface area contributed by atoms with Gasteiger partial charge in [0, 0.05) is 6.04 Å². The summed E-state index contributed by atoms with van der Waals surface area (Å²) >= 11 is 3.22. The van der Waals surface area contributed by atoms with Crippen molar-refractivity contribution >= 4 is 15.9 Å². The first-order chi connectivity index (χ1) is 8.19. The Balaban J connectivity index is 2.50. The van der Waals surface area contributed by atoms with Gasteiger partial charge in [0.2, 0.25) is 0 Å². The summed E-state index contributed by atoms with van der Waals surface area (Å²) in [6.07, 6.45) is 4.02. The first kappa shape index (κ1) is 14.7. The lowest BCUT2D eigenvalue weighted by Crippen LogP contribution is -2.29. The van der Waals surface area contributed by atoms with Crippen LogP contribution in [0.5, 0.6) is 0 Å². The van der Waals surface area contributed by atoms with E-state index in [0.717, 1.165) is 37.8 Å². The monoisotopic (exact) mass is 301 g/mol.